The molecule has 0 N–H and O–H groups in total. The van der Waals surface area contributed by atoms with Gasteiger partial charge in [-0.15, -0.1) is 0 Å². The van der Waals surface area contributed by atoms with Crippen molar-refractivity contribution < 1.29 is 14.3 Å². The molecule has 0 aromatic heterocycles. The molecule has 0 radical (unpaired) electrons. The average Bonchev–Trinajstić information content (AvgIpc) is 3.35. The molecule has 2 heterocycles. The first kappa shape index (κ1) is 37.5. The Bertz CT molecular complexity index is 908. The van der Waals surface area contributed by atoms with E-state index >= 15 is 0 Å². The molecule has 2 aromatic rings. The Morgan fingerprint density at radius 3 is 2.08 bits per heavy atom. The molecule has 0 aliphatic carbocycles. The maximum atomic E-state index is 11.1. The third-order valence-corrected chi connectivity index (χ3v) is 6.08. The van der Waals surface area contributed by atoms with E-state index in [1.165, 1.54) is 43.5 Å². The SMILES string of the molecule is CC.CC.CCC.Cc1cc(CN(C=O)CC(C)C)cc2c1OCCCO2.Cc1ccccc1CN1CCCC1. The minimum absolute atomic E-state index is 0.460. The fraction of sp³-hybridized carbons (Fsp3) is 0.629. The number of ether oxygens (including phenoxy) is 2. The first-order chi connectivity index (χ1) is 19.4. The molecule has 2 aliphatic rings. The van der Waals surface area contributed by atoms with Crippen molar-refractivity contribution in [3.8, 4) is 11.5 Å². The number of rotatable bonds is 7. The molecular formula is C35H60N2O3. The lowest BCUT2D eigenvalue weighted by Crippen LogP contribution is -2.25. The highest BCUT2D eigenvalue weighted by Gasteiger charge is 2.16. The monoisotopic (exact) mass is 556 g/mol. The van der Waals surface area contributed by atoms with Crippen LogP contribution >= 0.6 is 0 Å². The van der Waals surface area contributed by atoms with Crippen molar-refractivity contribution in [2.75, 3.05) is 32.8 Å². The molecule has 4 rings (SSSR count). The Morgan fingerprint density at radius 2 is 1.50 bits per heavy atom. The minimum atomic E-state index is 0.460. The standard InChI is InChI=1S/C16H23NO3.C12H17N.C3H8.2C2H6/c1-12(2)9-17(11-18)10-14-7-13(3)16-15(8-14)19-5-4-6-20-16;1-11-6-2-3-7-12(11)10-13-8-4-5-9-13;1-3-2;2*1-2/h7-8,11-12H,4-6,9-10H2,1-3H3;2-3,6-7H,4-5,8-10H2,1H3;3H2,1-2H3;2*1-2H3. The van der Waals surface area contributed by atoms with E-state index in [4.69, 9.17) is 9.47 Å². The number of amides is 1. The van der Waals surface area contributed by atoms with Crippen molar-refractivity contribution in [3.63, 3.8) is 0 Å². The molecule has 228 valence electrons. The van der Waals surface area contributed by atoms with Crippen LogP contribution in [0.15, 0.2) is 36.4 Å². The van der Waals surface area contributed by atoms with E-state index in [1.807, 2.05) is 40.7 Å². The van der Waals surface area contributed by atoms with Gasteiger partial charge in [-0.25, -0.2) is 0 Å². The zero-order valence-corrected chi connectivity index (χ0v) is 27.5. The summed E-state index contributed by atoms with van der Waals surface area (Å²) >= 11 is 0. The smallest absolute Gasteiger partial charge is 0.210 e. The van der Waals surface area contributed by atoms with Crippen molar-refractivity contribution in [1.82, 2.24) is 9.80 Å². The molecule has 0 atom stereocenters. The second kappa shape index (κ2) is 23.2. The summed E-state index contributed by atoms with van der Waals surface area (Å²) in [6.45, 7) is 27.1. The van der Waals surface area contributed by atoms with E-state index in [1.54, 1.807) is 4.90 Å². The summed E-state index contributed by atoms with van der Waals surface area (Å²) in [4.78, 5) is 15.5. The number of carbonyl (C=O) groups is 1. The van der Waals surface area contributed by atoms with Crippen LogP contribution in [0, 0.1) is 19.8 Å². The van der Waals surface area contributed by atoms with Gasteiger partial charge in [-0.05, 0) is 74.0 Å². The molecule has 2 aliphatic heterocycles. The zero-order chi connectivity index (χ0) is 30.3. The largest absolute Gasteiger partial charge is 0.490 e. The van der Waals surface area contributed by atoms with E-state index in [-0.39, 0.29) is 0 Å². The van der Waals surface area contributed by atoms with Crippen molar-refractivity contribution in [2.24, 2.45) is 5.92 Å². The summed E-state index contributed by atoms with van der Waals surface area (Å²) in [6.07, 6.45) is 5.83. The summed E-state index contributed by atoms with van der Waals surface area (Å²) in [5, 5.41) is 0. The number of nitrogens with zero attached hydrogens (tertiary/aromatic N) is 2. The van der Waals surface area contributed by atoms with Crippen LogP contribution in [-0.4, -0.2) is 49.1 Å². The lowest BCUT2D eigenvalue weighted by molar-refractivity contribution is -0.119. The molecule has 5 heteroatoms. The van der Waals surface area contributed by atoms with Crippen molar-refractivity contribution in [3.05, 3.63) is 58.7 Å². The molecule has 0 spiro atoms. The van der Waals surface area contributed by atoms with Crippen molar-refractivity contribution >= 4 is 6.41 Å². The number of fused-ring (bicyclic) bond motifs is 1. The van der Waals surface area contributed by atoms with Gasteiger partial charge >= 0.3 is 0 Å². The van der Waals surface area contributed by atoms with Gasteiger partial charge in [-0.1, -0.05) is 92.1 Å². The second-order valence-electron chi connectivity index (χ2n) is 10.3. The third-order valence-electron chi connectivity index (χ3n) is 6.08. The summed E-state index contributed by atoms with van der Waals surface area (Å²) in [5.41, 5.74) is 5.06. The molecule has 2 aromatic carbocycles. The van der Waals surface area contributed by atoms with E-state index in [0.29, 0.717) is 25.7 Å². The fourth-order valence-electron chi connectivity index (χ4n) is 4.43. The van der Waals surface area contributed by atoms with Crippen LogP contribution in [0.1, 0.15) is 103 Å². The quantitative estimate of drug-likeness (QED) is 0.320. The Kier molecular flexibility index (Phi) is 21.7. The van der Waals surface area contributed by atoms with Crippen molar-refractivity contribution in [2.45, 2.75) is 108 Å². The number of carbonyl (C=O) groups excluding carboxylic acids is 1. The van der Waals surface area contributed by atoms with Gasteiger partial charge in [0.1, 0.15) is 0 Å². The highest BCUT2D eigenvalue weighted by atomic mass is 16.5. The van der Waals surface area contributed by atoms with E-state index < -0.39 is 0 Å². The van der Waals surface area contributed by atoms with E-state index in [2.05, 4.69) is 69.9 Å². The lowest BCUT2D eigenvalue weighted by Gasteiger charge is -2.21. The van der Waals surface area contributed by atoms with Gasteiger partial charge in [-0.2, -0.15) is 0 Å². The Morgan fingerprint density at radius 1 is 0.900 bits per heavy atom. The van der Waals surface area contributed by atoms with Crippen LogP contribution in [0.2, 0.25) is 0 Å². The Balaban J connectivity index is 0.000000653. The van der Waals surface area contributed by atoms with Crippen LogP contribution in [0.25, 0.3) is 0 Å². The topological polar surface area (TPSA) is 42.0 Å². The van der Waals surface area contributed by atoms with Crippen LogP contribution in [0.3, 0.4) is 0 Å². The Hall–Kier alpha value is -2.53. The van der Waals surface area contributed by atoms with Gasteiger partial charge in [0.05, 0.1) is 13.2 Å². The fourth-order valence-corrected chi connectivity index (χ4v) is 4.43. The molecule has 0 bridgehead atoms. The van der Waals surface area contributed by atoms with Gasteiger partial charge in [0, 0.05) is 26.1 Å². The molecule has 1 fully saturated rings. The summed E-state index contributed by atoms with van der Waals surface area (Å²) < 4.78 is 11.5. The average molecular weight is 557 g/mol. The highest BCUT2D eigenvalue weighted by molar-refractivity contribution is 5.51. The van der Waals surface area contributed by atoms with E-state index in [0.717, 1.165) is 48.5 Å². The van der Waals surface area contributed by atoms with Gasteiger partial charge in [0.25, 0.3) is 0 Å². The number of aryl methyl sites for hydroxylation is 2. The maximum Gasteiger partial charge on any atom is 0.210 e. The predicted molar refractivity (Wildman–Crippen MR) is 172 cm³/mol. The summed E-state index contributed by atoms with van der Waals surface area (Å²) in [5.74, 6) is 2.10. The minimum Gasteiger partial charge on any atom is -0.490 e. The lowest BCUT2D eigenvalue weighted by atomic mass is 10.1. The molecule has 0 unspecified atom stereocenters. The Labute approximate surface area is 247 Å². The number of likely N-dealkylation sites (tertiary alicyclic amines) is 1. The van der Waals surface area contributed by atoms with Crippen LogP contribution in [-0.2, 0) is 17.9 Å². The summed E-state index contributed by atoms with van der Waals surface area (Å²) in [7, 11) is 0. The van der Waals surface area contributed by atoms with Crippen LogP contribution in [0.4, 0.5) is 0 Å². The molecule has 40 heavy (non-hydrogen) atoms. The van der Waals surface area contributed by atoms with Crippen LogP contribution in [0.5, 0.6) is 11.5 Å². The van der Waals surface area contributed by atoms with Gasteiger partial charge in [0.2, 0.25) is 6.41 Å². The molecule has 0 saturated carbocycles. The molecule has 5 nitrogen and oxygen atoms in total. The molecule has 1 saturated heterocycles. The predicted octanol–water partition coefficient (Wildman–Crippen LogP) is 8.83. The first-order valence-electron chi connectivity index (χ1n) is 15.7. The van der Waals surface area contributed by atoms with Crippen LogP contribution < -0.4 is 9.47 Å². The van der Waals surface area contributed by atoms with Gasteiger partial charge < -0.3 is 14.4 Å². The summed E-state index contributed by atoms with van der Waals surface area (Å²) in [6, 6.07) is 12.8. The maximum absolute atomic E-state index is 11.1. The van der Waals surface area contributed by atoms with Gasteiger partial charge in [-0.3, -0.25) is 9.69 Å². The number of hydrogen-bond donors (Lipinski definition) is 0. The third kappa shape index (κ3) is 14.7. The first-order valence-corrected chi connectivity index (χ1v) is 15.7. The van der Waals surface area contributed by atoms with E-state index in [9.17, 15) is 4.79 Å². The number of hydrogen-bond acceptors (Lipinski definition) is 4. The molecular weight excluding hydrogens is 496 g/mol. The molecule has 1 amide bonds. The van der Waals surface area contributed by atoms with Gasteiger partial charge in [0.15, 0.2) is 11.5 Å². The normalized spacial score (nSPS) is 13.6. The highest BCUT2D eigenvalue weighted by Crippen LogP contribution is 2.34. The van der Waals surface area contributed by atoms with Crippen molar-refractivity contribution in [1.29, 1.82) is 0 Å². The second-order valence-corrected chi connectivity index (χ2v) is 10.3. The number of benzene rings is 2. The zero-order valence-electron chi connectivity index (χ0n) is 27.5.